The minimum Gasteiger partial charge on any atom is -0.254 e. The van der Waals surface area contributed by atoms with E-state index in [1.165, 1.54) is 48.5 Å². The summed E-state index contributed by atoms with van der Waals surface area (Å²) in [6, 6.07) is 23.4. The summed E-state index contributed by atoms with van der Waals surface area (Å²) in [5.41, 5.74) is 0.376. The highest BCUT2D eigenvalue weighted by molar-refractivity contribution is 7.87. The molecule has 6 heteroatoms. The molecular weight excluding hydrogens is 409 g/mol. The fourth-order valence-electron chi connectivity index (χ4n) is 3.30. The summed E-state index contributed by atoms with van der Waals surface area (Å²) < 4.78 is 60.0. The molecule has 30 heavy (non-hydrogen) atoms. The van der Waals surface area contributed by atoms with Crippen LogP contribution in [0.4, 0.5) is 23.2 Å². The van der Waals surface area contributed by atoms with Crippen molar-refractivity contribution in [3.63, 3.8) is 0 Å². The van der Waals surface area contributed by atoms with E-state index >= 15 is 0 Å². The molecule has 0 N–H and O–H groups in total. The standard InChI is InChI=1S/C24H16F4NP/c25-17-4-10-22(11-5-17)30(23-12-6-18(26)7-13-23,24-14-8-19(27)9-15-24)29-21-3-1-2-20(28)16-21/h1-16H. The average Bonchev–Trinajstić information content (AvgIpc) is 2.74. The lowest BCUT2D eigenvalue weighted by Crippen LogP contribution is -2.25. The first kappa shape index (κ1) is 20.1. The fraction of sp³-hybridized carbons (Fsp3) is 0. The molecule has 4 aromatic carbocycles. The first-order valence-corrected chi connectivity index (χ1v) is 10.9. The van der Waals surface area contributed by atoms with Crippen molar-refractivity contribution in [2.75, 3.05) is 0 Å². The second kappa shape index (κ2) is 8.29. The van der Waals surface area contributed by atoms with Crippen LogP contribution < -0.4 is 15.9 Å². The number of halogens is 4. The Labute approximate surface area is 171 Å². The molecule has 0 atom stereocenters. The summed E-state index contributed by atoms with van der Waals surface area (Å²) >= 11 is 0. The molecule has 0 aliphatic carbocycles. The summed E-state index contributed by atoms with van der Waals surface area (Å²) in [7, 11) is -2.90. The molecule has 0 heterocycles. The predicted molar refractivity (Wildman–Crippen MR) is 114 cm³/mol. The normalized spacial score (nSPS) is 11.3. The van der Waals surface area contributed by atoms with Crippen LogP contribution in [0.2, 0.25) is 0 Å². The van der Waals surface area contributed by atoms with Crippen molar-refractivity contribution in [2.45, 2.75) is 0 Å². The van der Waals surface area contributed by atoms with Crippen molar-refractivity contribution in [3.8, 4) is 0 Å². The van der Waals surface area contributed by atoms with Gasteiger partial charge in [-0.25, -0.2) is 17.6 Å². The Morgan fingerprint density at radius 1 is 0.467 bits per heavy atom. The summed E-state index contributed by atoms with van der Waals surface area (Å²) in [5.74, 6) is -1.70. The molecule has 0 fully saturated rings. The van der Waals surface area contributed by atoms with Gasteiger partial charge in [0.15, 0.2) is 0 Å². The topological polar surface area (TPSA) is 12.4 Å². The molecule has 0 bridgehead atoms. The van der Waals surface area contributed by atoms with Crippen LogP contribution in [-0.2, 0) is 0 Å². The molecule has 0 spiro atoms. The Kier molecular flexibility index (Phi) is 5.56. The van der Waals surface area contributed by atoms with Gasteiger partial charge in [0, 0.05) is 15.9 Å². The van der Waals surface area contributed by atoms with Gasteiger partial charge in [0.1, 0.15) is 23.3 Å². The maximum absolute atomic E-state index is 13.9. The molecule has 0 aliphatic heterocycles. The number of benzene rings is 4. The van der Waals surface area contributed by atoms with E-state index in [2.05, 4.69) is 0 Å². The maximum Gasteiger partial charge on any atom is 0.125 e. The highest BCUT2D eigenvalue weighted by Gasteiger charge is 2.28. The monoisotopic (exact) mass is 425 g/mol. The quantitative estimate of drug-likeness (QED) is 0.279. The van der Waals surface area contributed by atoms with E-state index in [-0.39, 0.29) is 0 Å². The minimum atomic E-state index is -2.90. The Morgan fingerprint density at radius 2 is 0.867 bits per heavy atom. The van der Waals surface area contributed by atoms with Gasteiger partial charge in [0.05, 0.1) is 12.7 Å². The van der Waals surface area contributed by atoms with Gasteiger partial charge < -0.3 is 0 Å². The van der Waals surface area contributed by atoms with Crippen molar-refractivity contribution in [1.29, 1.82) is 0 Å². The molecule has 4 aromatic rings. The van der Waals surface area contributed by atoms with Gasteiger partial charge in [-0.05, 0) is 91.0 Å². The van der Waals surface area contributed by atoms with Gasteiger partial charge in [-0.2, -0.15) is 0 Å². The average molecular weight is 425 g/mol. The van der Waals surface area contributed by atoms with Crippen molar-refractivity contribution in [1.82, 2.24) is 0 Å². The van der Waals surface area contributed by atoms with Crippen LogP contribution in [0.15, 0.2) is 102 Å². The molecule has 0 aliphatic rings. The van der Waals surface area contributed by atoms with Crippen molar-refractivity contribution in [2.24, 2.45) is 4.74 Å². The lowest BCUT2D eigenvalue weighted by Gasteiger charge is -2.27. The maximum atomic E-state index is 13.9. The Bertz CT molecular complexity index is 1100. The molecule has 150 valence electrons. The molecule has 0 saturated heterocycles. The molecular formula is C24H16F4NP. The number of rotatable bonds is 4. The van der Waals surface area contributed by atoms with Gasteiger partial charge in [-0.1, -0.05) is 6.07 Å². The minimum absolute atomic E-state index is 0.376. The van der Waals surface area contributed by atoms with E-state index in [1.807, 2.05) is 0 Å². The summed E-state index contributed by atoms with van der Waals surface area (Å²) in [6.45, 7) is 0. The number of hydrogen-bond acceptors (Lipinski definition) is 1. The first-order valence-electron chi connectivity index (χ1n) is 9.14. The van der Waals surface area contributed by atoms with Gasteiger partial charge in [0.2, 0.25) is 0 Å². The zero-order valence-corrected chi connectivity index (χ0v) is 16.5. The SMILES string of the molecule is Fc1ccc(P(=Nc2cccc(F)c2)(c2ccc(F)cc2)c2ccc(F)cc2)cc1. The molecule has 0 unspecified atom stereocenters. The third-order valence-corrected chi connectivity index (χ3v) is 8.34. The largest absolute Gasteiger partial charge is 0.254 e. The second-order valence-electron chi connectivity index (χ2n) is 6.64. The van der Waals surface area contributed by atoms with Crippen LogP contribution in [0.25, 0.3) is 0 Å². The summed E-state index contributed by atoms with van der Waals surface area (Å²) in [6.07, 6.45) is 0. The highest BCUT2D eigenvalue weighted by Crippen LogP contribution is 2.49. The molecule has 1 nitrogen and oxygen atoms in total. The van der Waals surface area contributed by atoms with Gasteiger partial charge in [-0.3, -0.25) is 4.74 Å². The molecule has 0 amide bonds. The van der Waals surface area contributed by atoms with Crippen molar-refractivity contribution < 1.29 is 17.6 Å². The van der Waals surface area contributed by atoms with E-state index in [1.54, 1.807) is 48.5 Å². The lowest BCUT2D eigenvalue weighted by molar-refractivity contribution is 0.628. The second-order valence-corrected chi connectivity index (χ2v) is 9.66. The summed E-state index contributed by atoms with van der Waals surface area (Å²) in [4.78, 5) is 0. The van der Waals surface area contributed by atoms with Crippen LogP contribution in [-0.4, -0.2) is 0 Å². The number of hydrogen-bond donors (Lipinski definition) is 0. The van der Waals surface area contributed by atoms with E-state index < -0.39 is 30.3 Å². The van der Waals surface area contributed by atoms with Crippen molar-refractivity contribution >= 4 is 28.7 Å². The zero-order chi connectivity index (χ0) is 21.1. The lowest BCUT2D eigenvalue weighted by atomic mass is 10.3. The first-order chi connectivity index (χ1) is 14.5. The van der Waals surface area contributed by atoms with E-state index in [4.69, 9.17) is 4.74 Å². The summed E-state index contributed by atoms with van der Waals surface area (Å²) in [5, 5.41) is 2.02. The molecule has 0 aromatic heterocycles. The zero-order valence-electron chi connectivity index (χ0n) is 15.6. The van der Waals surface area contributed by atoms with Crippen LogP contribution in [0.5, 0.6) is 0 Å². The number of nitrogens with zero attached hydrogens (tertiary/aromatic N) is 1. The molecule has 0 radical (unpaired) electrons. The van der Waals surface area contributed by atoms with Crippen LogP contribution in [0, 0.1) is 23.3 Å². The Morgan fingerprint density at radius 3 is 1.23 bits per heavy atom. The van der Waals surface area contributed by atoms with Crippen LogP contribution >= 0.6 is 7.05 Å². The van der Waals surface area contributed by atoms with E-state index in [0.717, 1.165) is 0 Å². The van der Waals surface area contributed by atoms with Crippen LogP contribution in [0.3, 0.4) is 0 Å². The highest BCUT2D eigenvalue weighted by atomic mass is 31.2. The molecule has 4 rings (SSSR count). The van der Waals surface area contributed by atoms with Crippen molar-refractivity contribution in [3.05, 3.63) is 120 Å². The third-order valence-electron chi connectivity index (χ3n) is 4.67. The molecule has 0 saturated carbocycles. The van der Waals surface area contributed by atoms with Gasteiger partial charge in [-0.15, -0.1) is 0 Å². The van der Waals surface area contributed by atoms with E-state index in [9.17, 15) is 17.6 Å². The fourth-order valence-corrected chi connectivity index (χ4v) is 6.76. The Hall–Kier alpha value is -3.17. The van der Waals surface area contributed by atoms with Gasteiger partial charge in [0.25, 0.3) is 0 Å². The van der Waals surface area contributed by atoms with E-state index in [0.29, 0.717) is 21.6 Å². The smallest absolute Gasteiger partial charge is 0.125 e. The van der Waals surface area contributed by atoms with Crippen LogP contribution in [0.1, 0.15) is 0 Å². The predicted octanol–water partition coefficient (Wildman–Crippen LogP) is 6.05. The third kappa shape index (κ3) is 3.94. The Balaban J connectivity index is 2.13. The van der Waals surface area contributed by atoms with Gasteiger partial charge >= 0.3 is 0 Å².